The number of hydrogen-bond donors (Lipinski definition) is 2. The van der Waals surface area contributed by atoms with E-state index in [9.17, 15) is 9.59 Å². The molecule has 1 saturated heterocycles. The normalized spacial score (nSPS) is 18.8. The quantitative estimate of drug-likeness (QED) is 0.737. The van der Waals surface area contributed by atoms with Crippen molar-refractivity contribution in [2.75, 3.05) is 40.5 Å². The Hall–Kier alpha value is -2.84. The van der Waals surface area contributed by atoms with Gasteiger partial charge in [0.05, 0.1) is 20.3 Å². The standard InChI is InChI=1S/C21H26N2O6/c1-22-19(24)13-29-21(25)23-9-8-20-27-11-15(12-28-20)17-5-3-4-14-10-16(26-2)6-7-18(14)17/h3-7,10,15,20H,8-9,11-13H2,1-2H3,(H,22,24)(H,23,25). The third-order valence-corrected chi connectivity index (χ3v) is 4.79. The molecular weight excluding hydrogens is 376 g/mol. The molecular formula is C21H26N2O6. The van der Waals surface area contributed by atoms with Crippen molar-refractivity contribution in [1.82, 2.24) is 10.6 Å². The zero-order chi connectivity index (χ0) is 20.6. The highest BCUT2D eigenvalue weighted by molar-refractivity contribution is 5.87. The largest absolute Gasteiger partial charge is 0.497 e. The Morgan fingerprint density at radius 2 is 1.97 bits per heavy atom. The molecule has 8 heteroatoms. The van der Waals surface area contributed by atoms with Gasteiger partial charge >= 0.3 is 6.09 Å². The second kappa shape index (κ2) is 10.1. The molecule has 2 amide bonds. The van der Waals surface area contributed by atoms with Crippen LogP contribution in [-0.4, -0.2) is 58.8 Å². The lowest BCUT2D eigenvalue weighted by molar-refractivity contribution is -0.188. The van der Waals surface area contributed by atoms with Crippen molar-refractivity contribution in [2.24, 2.45) is 0 Å². The van der Waals surface area contributed by atoms with Crippen LogP contribution >= 0.6 is 0 Å². The van der Waals surface area contributed by atoms with E-state index >= 15 is 0 Å². The van der Waals surface area contributed by atoms with Gasteiger partial charge in [-0.05, 0) is 28.5 Å². The number of ether oxygens (including phenoxy) is 4. The molecule has 2 aromatic carbocycles. The fraction of sp³-hybridized carbons (Fsp3) is 0.429. The summed E-state index contributed by atoms with van der Waals surface area (Å²) in [6.45, 7) is 1.10. The summed E-state index contributed by atoms with van der Waals surface area (Å²) in [4.78, 5) is 22.5. The number of benzene rings is 2. The van der Waals surface area contributed by atoms with Crippen molar-refractivity contribution >= 4 is 22.8 Å². The topological polar surface area (TPSA) is 95.1 Å². The molecule has 29 heavy (non-hydrogen) atoms. The highest BCUT2D eigenvalue weighted by Gasteiger charge is 2.24. The van der Waals surface area contributed by atoms with Crippen molar-refractivity contribution in [3.05, 3.63) is 42.0 Å². The number of fused-ring (bicyclic) bond motifs is 1. The molecule has 1 heterocycles. The van der Waals surface area contributed by atoms with E-state index in [2.05, 4.69) is 28.8 Å². The first-order valence-electron chi connectivity index (χ1n) is 9.51. The second-order valence-electron chi connectivity index (χ2n) is 6.69. The van der Waals surface area contributed by atoms with E-state index in [1.807, 2.05) is 18.2 Å². The van der Waals surface area contributed by atoms with Crippen LogP contribution in [0.1, 0.15) is 17.9 Å². The van der Waals surface area contributed by atoms with E-state index in [1.165, 1.54) is 12.6 Å². The summed E-state index contributed by atoms with van der Waals surface area (Å²) in [6.07, 6.45) is -0.539. The van der Waals surface area contributed by atoms with Gasteiger partial charge in [0.2, 0.25) is 0 Å². The van der Waals surface area contributed by atoms with Crippen LogP contribution in [-0.2, 0) is 19.0 Å². The minimum atomic E-state index is -0.645. The van der Waals surface area contributed by atoms with Crippen molar-refractivity contribution in [3.8, 4) is 5.75 Å². The summed E-state index contributed by atoms with van der Waals surface area (Å²) in [5.74, 6) is 0.595. The summed E-state index contributed by atoms with van der Waals surface area (Å²) in [6, 6.07) is 12.2. The van der Waals surface area contributed by atoms with Crippen LogP contribution in [0, 0.1) is 0 Å². The Morgan fingerprint density at radius 1 is 1.17 bits per heavy atom. The number of rotatable bonds is 7. The molecule has 0 aliphatic carbocycles. The van der Waals surface area contributed by atoms with Crippen molar-refractivity contribution in [1.29, 1.82) is 0 Å². The van der Waals surface area contributed by atoms with Crippen LogP contribution in [0.5, 0.6) is 5.75 Å². The van der Waals surface area contributed by atoms with E-state index in [1.54, 1.807) is 7.11 Å². The van der Waals surface area contributed by atoms with Crippen LogP contribution in [0.4, 0.5) is 4.79 Å². The number of likely N-dealkylation sites (N-methyl/N-ethyl adjacent to an activating group) is 1. The molecule has 8 nitrogen and oxygen atoms in total. The molecule has 0 unspecified atom stereocenters. The molecule has 0 saturated carbocycles. The monoisotopic (exact) mass is 402 g/mol. The van der Waals surface area contributed by atoms with Gasteiger partial charge in [0.1, 0.15) is 5.75 Å². The lowest BCUT2D eigenvalue weighted by atomic mass is 9.94. The van der Waals surface area contributed by atoms with E-state index < -0.39 is 6.09 Å². The second-order valence-corrected chi connectivity index (χ2v) is 6.69. The highest BCUT2D eigenvalue weighted by Crippen LogP contribution is 2.31. The molecule has 0 spiro atoms. The summed E-state index contributed by atoms with van der Waals surface area (Å²) in [7, 11) is 3.13. The van der Waals surface area contributed by atoms with Gasteiger partial charge in [-0.15, -0.1) is 0 Å². The van der Waals surface area contributed by atoms with Gasteiger partial charge in [0.15, 0.2) is 12.9 Å². The molecule has 0 radical (unpaired) electrons. The van der Waals surface area contributed by atoms with Crippen LogP contribution < -0.4 is 15.4 Å². The van der Waals surface area contributed by atoms with Gasteiger partial charge in [0, 0.05) is 25.9 Å². The van der Waals surface area contributed by atoms with Crippen LogP contribution in [0.15, 0.2) is 36.4 Å². The molecule has 0 atom stereocenters. The Balaban J connectivity index is 1.47. The van der Waals surface area contributed by atoms with Gasteiger partial charge in [-0.2, -0.15) is 0 Å². The summed E-state index contributed by atoms with van der Waals surface area (Å²) in [5, 5.41) is 7.22. The molecule has 1 fully saturated rings. The van der Waals surface area contributed by atoms with Crippen molar-refractivity contribution in [2.45, 2.75) is 18.6 Å². The minimum absolute atomic E-state index is 0.133. The maximum Gasteiger partial charge on any atom is 0.407 e. The zero-order valence-corrected chi connectivity index (χ0v) is 16.6. The average molecular weight is 402 g/mol. The van der Waals surface area contributed by atoms with E-state index in [0.717, 1.165) is 16.5 Å². The number of carbonyl (C=O) groups is 2. The van der Waals surface area contributed by atoms with Crippen molar-refractivity contribution < 1.29 is 28.5 Å². The van der Waals surface area contributed by atoms with Gasteiger partial charge in [0.25, 0.3) is 5.91 Å². The van der Waals surface area contributed by atoms with Crippen molar-refractivity contribution in [3.63, 3.8) is 0 Å². The average Bonchev–Trinajstić information content (AvgIpc) is 2.77. The zero-order valence-electron chi connectivity index (χ0n) is 16.6. The number of hydrogen-bond acceptors (Lipinski definition) is 6. The third-order valence-electron chi connectivity index (χ3n) is 4.79. The summed E-state index contributed by atoms with van der Waals surface area (Å²) >= 11 is 0. The molecule has 1 aliphatic heterocycles. The SMILES string of the molecule is CNC(=O)COC(=O)NCCC1OCC(c2cccc3cc(OC)ccc23)CO1. The number of nitrogens with one attached hydrogen (secondary N) is 2. The summed E-state index contributed by atoms with van der Waals surface area (Å²) < 4.78 is 21.7. The molecule has 156 valence electrons. The van der Waals surface area contributed by atoms with E-state index in [-0.39, 0.29) is 24.7 Å². The number of amides is 2. The fourth-order valence-corrected chi connectivity index (χ4v) is 3.21. The van der Waals surface area contributed by atoms with E-state index in [0.29, 0.717) is 26.2 Å². The highest BCUT2D eigenvalue weighted by atomic mass is 16.7. The Labute approximate surface area is 169 Å². The lowest BCUT2D eigenvalue weighted by Crippen LogP contribution is -2.35. The molecule has 3 rings (SSSR count). The molecule has 0 aromatic heterocycles. The third kappa shape index (κ3) is 5.58. The Kier molecular flexibility index (Phi) is 7.26. The fourth-order valence-electron chi connectivity index (χ4n) is 3.21. The number of methoxy groups -OCH3 is 1. The maximum absolute atomic E-state index is 11.5. The summed E-state index contributed by atoms with van der Waals surface area (Å²) in [5.41, 5.74) is 1.18. The van der Waals surface area contributed by atoms with E-state index in [4.69, 9.17) is 18.9 Å². The molecule has 1 aliphatic rings. The Morgan fingerprint density at radius 3 is 2.69 bits per heavy atom. The molecule has 2 aromatic rings. The molecule has 0 bridgehead atoms. The first kappa shape index (κ1) is 20.9. The maximum atomic E-state index is 11.5. The van der Waals surface area contributed by atoms with Crippen LogP contribution in [0.25, 0.3) is 10.8 Å². The minimum Gasteiger partial charge on any atom is -0.497 e. The first-order chi connectivity index (χ1) is 14.1. The number of alkyl carbamates (subject to hydrolysis) is 1. The number of carbonyl (C=O) groups excluding carboxylic acids is 2. The van der Waals surface area contributed by atoms with Crippen LogP contribution in [0.3, 0.4) is 0 Å². The molecule has 2 N–H and O–H groups in total. The lowest BCUT2D eigenvalue weighted by Gasteiger charge is -2.30. The first-order valence-corrected chi connectivity index (χ1v) is 9.51. The smallest absolute Gasteiger partial charge is 0.407 e. The van der Waals surface area contributed by atoms with Gasteiger partial charge in [-0.1, -0.05) is 24.3 Å². The van der Waals surface area contributed by atoms with Gasteiger partial charge in [-0.3, -0.25) is 4.79 Å². The van der Waals surface area contributed by atoms with Gasteiger partial charge in [-0.25, -0.2) is 4.79 Å². The predicted octanol–water partition coefficient (Wildman–Crippen LogP) is 2.17. The van der Waals surface area contributed by atoms with Crippen LogP contribution in [0.2, 0.25) is 0 Å². The van der Waals surface area contributed by atoms with Gasteiger partial charge < -0.3 is 29.6 Å². The predicted molar refractivity (Wildman–Crippen MR) is 107 cm³/mol. The Bertz CT molecular complexity index is 848.